The molecule has 6 nitrogen and oxygen atoms in total. The molecule has 0 unspecified atom stereocenters. The van der Waals surface area contributed by atoms with E-state index in [-0.39, 0.29) is 11.7 Å². The molecule has 170 valence electrons. The highest BCUT2D eigenvalue weighted by molar-refractivity contribution is 7.99. The molecule has 3 aromatic heterocycles. The van der Waals surface area contributed by atoms with Gasteiger partial charge >= 0.3 is 0 Å². The van der Waals surface area contributed by atoms with Crippen LogP contribution in [0.1, 0.15) is 23.8 Å². The molecular weight excluding hydrogens is 470 g/mol. The number of nitrogens with one attached hydrogen (secondary N) is 1. The molecule has 0 aliphatic rings. The van der Waals surface area contributed by atoms with Crippen LogP contribution in [-0.2, 0) is 17.8 Å². The number of thiazole rings is 1. The van der Waals surface area contributed by atoms with Crippen LogP contribution >= 0.6 is 34.4 Å². The number of aryl methyl sites for hydroxylation is 2. The number of hydrogen-bond acceptors (Lipinski definition) is 7. The monoisotopic (exact) mass is 495 g/mol. The molecule has 0 bridgehead atoms. The van der Waals surface area contributed by atoms with Crippen molar-refractivity contribution in [2.45, 2.75) is 38.4 Å². The van der Waals surface area contributed by atoms with Crippen LogP contribution in [0.2, 0.25) is 0 Å². The number of carbonyl (C=O) groups excluding carboxylic acids is 1. The summed E-state index contributed by atoms with van der Waals surface area (Å²) < 4.78 is 2.00. The van der Waals surface area contributed by atoms with Crippen molar-refractivity contribution in [3.05, 3.63) is 64.2 Å². The lowest BCUT2D eigenvalue weighted by molar-refractivity contribution is -0.113. The first-order valence-corrected chi connectivity index (χ1v) is 13.4. The van der Waals surface area contributed by atoms with Crippen LogP contribution in [0, 0.1) is 6.92 Å². The first-order valence-electron chi connectivity index (χ1n) is 10.6. The van der Waals surface area contributed by atoms with E-state index < -0.39 is 0 Å². The molecule has 9 heteroatoms. The summed E-state index contributed by atoms with van der Waals surface area (Å²) in [4.78, 5) is 18.4. The number of benzene rings is 1. The van der Waals surface area contributed by atoms with Gasteiger partial charge in [-0.25, -0.2) is 4.98 Å². The van der Waals surface area contributed by atoms with Crippen LogP contribution in [0.3, 0.4) is 0 Å². The molecular formula is C24H25N5OS3. The van der Waals surface area contributed by atoms with Gasteiger partial charge in [-0.05, 0) is 19.4 Å². The highest BCUT2D eigenvalue weighted by Gasteiger charge is 2.17. The van der Waals surface area contributed by atoms with Crippen LogP contribution < -0.4 is 5.32 Å². The molecule has 1 amide bonds. The van der Waals surface area contributed by atoms with Gasteiger partial charge < -0.3 is 5.32 Å². The second-order valence-electron chi connectivity index (χ2n) is 7.50. The molecule has 0 aliphatic heterocycles. The zero-order valence-electron chi connectivity index (χ0n) is 18.6. The molecule has 0 radical (unpaired) electrons. The fraction of sp³-hybridized carbons (Fsp3) is 0.250. The van der Waals surface area contributed by atoms with Crippen molar-refractivity contribution in [1.29, 1.82) is 0 Å². The molecule has 4 aromatic rings. The summed E-state index contributed by atoms with van der Waals surface area (Å²) >= 11 is 4.52. The molecule has 1 aromatic carbocycles. The molecule has 0 saturated heterocycles. The standard InChI is InChI=1S/C24H25N5OS3/c1-4-6-19-12-18(13-31-19)22-27-28-24(29(22)11-5-2)33-15-21(30)26-23-25-20(14-32-23)17-9-7-16(3)8-10-17/h5,7-10,12-14H,2,4,6,11,15H2,1,3H3,(H,25,26,30). The van der Waals surface area contributed by atoms with Gasteiger partial charge in [0.2, 0.25) is 5.91 Å². The fourth-order valence-corrected chi connectivity index (χ4v) is 5.70. The van der Waals surface area contributed by atoms with Gasteiger partial charge in [-0.2, -0.15) is 0 Å². The van der Waals surface area contributed by atoms with Gasteiger partial charge in [0.15, 0.2) is 16.1 Å². The van der Waals surface area contributed by atoms with Gasteiger partial charge in [0.05, 0.1) is 11.4 Å². The summed E-state index contributed by atoms with van der Waals surface area (Å²) in [5.74, 6) is 0.902. The Balaban J connectivity index is 1.40. The summed E-state index contributed by atoms with van der Waals surface area (Å²) in [5, 5.41) is 17.0. The number of hydrogen-bond donors (Lipinski definition) is 1. The van der Waals surface area contributed by atoms with E-state index in [1.165, 1.54) is 33.5 Å². The number of thioether (sulfide) groups is 1. The van der Waals surface area contributed by atoms with E-state index in [0.717, 1.165) is 35.5 Å². The van der Waals surface area contributed by atoms with Gasteiger partial charge in [0, 0.05) is 33.3 Å². The predicted octanol–water partition coefficient (Wildman–Crippen LogP) is 6.31. The maximum absolute atomic E-state index is 12.6. The largest absolute Gasteiger partial charge is 0.301 e. The lowest BCUT2D eigenvalue weighted by Crippen LogP contribution is -2.14. The van der Waals surface area contributed by atoms with Crippen molar-refractivity contribution in [2.24, 2.45) is 0 Å². The van der Waals surface area contributed by atoms with Gasteiger partial charge in [-0.1, -0.05) is 61.0 Å². The Kier molecular flexibility index (Phi) is 7.74. The van der Waals surface area contributed by atoms with Crippen molar-refractivity contribution in [3.8, 4) is 22.6 Å². The Morgan fingerprint density at radius 2 is 2.00 bits per heavy atom. The zero-order chi connectivity index (χ0) is 23.2. The number of rotatable bonds is 10. The fourth-order valence-electron chi connectivity index (χ4n) is 3.25. The Bertz CT molecular complexity index is 1240. The summed E-state index contributed by atoms with van der Waals surface area (Å²) in [6, 6.07) is 10.4. The number of aromatic nitrogens is 4. The molecule has 3 heterocycles. The third-order valence-electron chi connectivity index (χ3n) is 4.87. The molecule has 0 atom stereocenters. The Morgan fingerprint density at radius 1 is 1.18 bits per heavy atom. The highest BCUT2D eigenvalue weighted by Crippen LogP contribution is 2.29. The molecule has 4 rings (SSSR count). The van der Waals surface area contributed by atoms with Crippen molar-refractivity contribution in [2.75, 3.05) is 11.1 Å². The summed E-state index contributed by atoms with van der Waals surface area (Å²) in [6.45, 7) is 8.67. The van der Waals surface area contributed by atoms with Crippen LogP contribution in [0.4, 0.5) is 5.13 Å². The maximum Gasteiger partial charge on any atom is 0.236 e. The summed E-state index contributed by atoms with van der Waals surface area (Å²) in [5.41, 5.74) is 4.15. The predicted molar refractivity (Wildman–Crippen MR) is 139 cm³/mol. The average Bonchev–Trinajstić information content (AvgIpc) is 3.54. The van der Waals surface area contributed by atoms with Crippen molar-refractivity contribution < 1.29 is 4.79 Å². The number of nitrogens with zero attached hydrogens (tertiary/aromatic N) is 4. The zero-order valence-corrected chi connectivity index (χ0v) is 21.0. The molecule has 1 N–H and O–H groups in total. The minimum atomic E-state index is -0.125. The highest BCUT2D eigenvalue weighted by atomic mass is 32.2. The average molecular weight is 496 g/mol. The lowest BCUT2D eigenvalue weighted by Gasteiger charge is -2.06. The molecule has 33 heavy (non-hydrogen) atoms. The van der Waals surface area contributed by atoms with Crippen molar-refractivity contribution in [3.63, 3.8) is 0 Å². The second-order valence-corrected chi connectivity index (χ2v) is 10.3. The quantitative estimate of drug-likeness (QED) is 0.206. The van der Waals surface area contributed by atoms with Gasteiger partial charge in [0.1, 0.15) is 0 Å². The number of allylic oxidation sites excluding steroid dienone is 1. The molecule has 0 aliphatic carbocycles. The number of amides is 1. The smallest absolute Gasteiger partial charge is 0.236 e. The molecule has 0 spiro atoms. The Hall–Kier alpha value is -2.75. The van der Waals surface area contributed by atoms with Crippen LogP contribution in [-0.4, -0.2) is 31.4 Å². The van der Waals surface area contributed by atoms with E-state index in [1.807, 2.05) is 28.2 Å². The molecule has 0 fully saturated rings. The topological polar surface area (TPSA) is 72.7 Å². The van der Waals surface area contributed by atoms with Crippen molar-refractivity contribution in [1.82, 2.24) is 19.7 Å². The van der Waals surface area contributed by atoms with E-state index in [2.05, 4.69) is 64.5 Å². The van der Waals surface area contributed by atoms with E-state index in [0.29, 0.717) is 16.8 Å². The third kappa shape index (κ3) is 5.79. The SMILES string of the molecule is C=CCn1c(SCC(=O)Nc2nc(-c3ccc(C)cc3)cs2)nnc1-c1csc(CCC)c1. The minimum Gasteiger partial charge on any atom is -0.301 e. The number of carbonyl (C=O) groups is 1. The van der Waals surface area contributed by atoms with Crippen molar-refractivity contribution >= 4 is 45.5 Å². The van der Waals surface area contributed by atoms with E-state index in [1.54, 1.807) is 11.3 Å². The summed E-state index contributed by atoms with van der Waals surface area (Å²) in [7, 11) is 0. The van der Waals surface area contributed by atoms with E-state index in [9.17, 15) is 4.79 Å². The number of thiophene rings is 1. The van der Waals surface area contributed by atoms with Crippen LogP contribution in [0.25, 0.3) is 22.6 Å². The third-order valence-corrected chi connectivity index (χ3v) is 7.59. The normalized spacial score (nSPS) is 11.0. The van der Waals surface area contributed by atoms with Gasteiger partial charge in [-0.3, -0.25) is 9.36 Å². The van der Waals surface area contributed by atoms with Gasteiger partial charge in [0.25, 0.3) is 0 Å². The molecule has 0 saturated carbocycles. The van der Waals surface area contributed by atoms with E-state index >= 15 is 0 Å². The first kappa shape index (κ1) is 23.4. The van der Waals surface area contributed by atoms with E-state index in [4.69, 9.17) is 0 Å². The maximum atomic E-state index is 12.6. The first-order chi connectivity index (χ1) is 16.1. The van der Waals surface area contributed by atoms with Crippen LogP contribution in [0.5, 0.6) is 0 Å². The summed E-state index contributed by atoms with van der Waals surface area (Å²) in [6.07, 6.45) is 3.99. The Morgan fingerprint density at radius 3 is 2.76 bits per heavy atom. The lowest BCUT2D eigenvalue weighted by atomic mass is 10.1. The number of anilines is 1. The minimum absolute atomic E-state index is 0.125. The second kappa shape index (κ2) is 10.9. The Labute approximate surface area is 205 Å². The van der Waals surface area contributed by atoms with Gasteiger partial charge in [-0.15, -0.1) is 39.4 Å². The van der Waals surface area contributed by atoms with Crippen LogP contribution in [0.15, 0.2) is 58.9 Å².